The van der Waals surface area contributed by atoms with E-state index in [4.69, 9.17) is 4.74 Å². The maximum atomic E-state index is 11.4. The Hall–Kier alpha value is 0.150. The molecule has 0 bridgehead atoms. The summed E-state index contributed by atoms with van der Waals surface area (Å²) in [5.74, 6) is -0.567. The van der Waals surface area contributed by atoms with Gasteiger partial charge in [0.15, 0.2) is 0 Å². The van der Waals surface area contributed by atoms with Gasteiger partial charge in [-0.1, -0.05) is 6.92 Å². The summed E-state index contributed by atoms with van der Waals surface area (Å²) in [5.41, 5.74) is -0.354. The van der Waals surface area contributed by atoms with Crippen LogP contribution in [0.15, 0.2) is 0 Å². The summed E-state index contributed by atoms with van der Waals surface area (Å²) < 4.78 is 16.8. The molecule has 0 aliphatic rings. The maximum Gasteiger partial charge on any atom is 0.227 e. The summed E-state index contributed by atoms with van der Waals surface area (Å²) >= 11 is 0. The van der Waals surface area contributed by atoms with E-state index in [0.717, 1.165) is 0 Å². The lowest BCUT2D eigenvalue weighted by Crippen LogP contribution is -2.25. The molecule has 2 atom stereocenters. The molecule has 0 spiro atoms. The lowest BCUT2D eigenvalue weighted by atomic mass is 10.2. The van der Waals surface area contributed by atoms with Gasteiger partial charge in [0.05, 0.1) is 5.60 Å². The maximum absolute atomic E-state index is 11.4. The molecule has 0 saturated heterocycles. The van der Waals surface area contributed by atoms with Gasteiger partial charge in [0.1, 0.15) is 5.85 Å². The second-order valence-electron chi connectivity index (χ2n) is 3.90. The molecular weight excluding hydrogens is 175 g/mol. The lowest BCUT2D eigenvalue weighted by Gasteiger charge is -2.27. The highest BCUT2D eigenvalue weighted by atomic mass is 31.2. The molecule has 0 amide bonds. The van der Waals surface area contributed by atoms with Crippen molar-refractivity contribution >= 4 is 7.37 Å². The van der Waals surface area contributed by atoms with Gasteiger partial charge in [-0.25, -0.2) is 0 Å². The fourth-order valence-electron chi connectivity index (χ4n) is 0.851. The largest absolute Gasteiger partial charge is 0.363 e. The molecule has 2 unspecified atom stereocenters. The Morgan fingerprint density at radius 2 is 1.92 bits per heavy atom. The van der Waals surface area contributed by atoms with E-state index in [0.29, 0.717) is 0 Å². The van der Waals surface area contributed by atoms with Gasteiger partial charge in [-0.15, -0.1) is 0 Å². The van der Waals surface area contributed by atoms with Gasteiger partial charge in [-0.05, 0) is 27.7 Å². The molecule has 0 aromatic rings. The van der Waals surface area contributed by atoms with Crippen molar-refractivity contribution in [3.8, 4) is 0 Å². The van der Waals surface area contributed by atoms with E-state index in [9.17, 15) is 9.46 Å². The second kappa shape index (κ2) is 3.91. The SMILES string of the molecule is CCP(=O)(O)C(C)OC(C)(C)C. The smallest absolute Gasteiger partial charge is 0.227 e. The van der Waals surface area contributed by atoms with Gasteiger partial charge in [0.25, 0.3) is 0 Å². The van der Waals surface area contributed by atoms with Gasteiger partial charge in [0, 0.05) is 6.16 Å². The van der Waals surface area contributed by atoms with Crippen molar-refractivity contribution in [3.63, 3.8) is 0 Å². The van der Waals surface area contributed by atoms with Crippen molar-refractivity contribution < 1.29 is 14.2 Å². The number of hydrogen-bond acceptors (Lipinski definition) is 2. The second-order valence-corrected chi connectivity index (χ2v) is 6.77. The molecule has 74 valence electrons. The van der Waals surface area contributed by atoms with Gasteiger partial charge in [-0.3, -0.25) is 4.57 Å². The summed E-state index contributed by atoms with van der Waals surface area (Å²) in [4.78, 5) is 9.39. The van der Waals surface area contributed by atoms with Crippen LogP contribution >= 0.6 is 7.37 Å². The first-order valence-electron chi connectivity index (χ1n) is 4.18. The summed E-state index contributed by atoms with van der Waals surface area (Å²) in [6, 6.07) is 0. The van der Waals surface area contributed by atoms with E-state index in [2.05, 4.69) is 0 Å². The normalized spacial score (nSPS) is 20.2. The molecule has 0 aromatic heterocycles. The van der Waals surface area contributed by atoms with Crippen LogP contribution < -0.4 is 0 Å². The average Bonchev–Trinajstić information content (AvgIpc) is 1.84. The van der Waals surface area contributed by atoms with Crippen LogP contribution in [0.3, 0.4) is 0 Å². The fourth-order valence-corrected chi connectivity index (χ4v) is 1.85. The van der Waals surface area contributed by atoms with Crippen molar-refractivity contribution in [3.05, 3.63) is 0 Å². The van der Waals surface area contributed by atoms with Crippen LogP contribution in [0.1, 0.15) is 34.6 Å². The van der Waals surface area contributed by atoms with E-state index < -0.39 is 13.2 Å². The van der Waals surface area contributed by atoms with Gasteiger partial charge >= 0.3 is 0 Å². The lowest BCUT2D eigenvalue weighted by molar-refractivity contribution is -0.0204. The summed E-state index contributed by atoms with van der Waals surface area (Å²) in [7, 11) is -3.08. The molecule has 0 fully saturated rings. The van der Waals surface area contributed by atoms with Crippen molar-refractivity contribution in [1.29, 1.82) is 0 Å². The van der Waals surface area contributed by atoms with Crippen LogP contribution in [0.5, 0.6) is 0 Å². The number of ether oxygens (including phenoxy) is 1. The molecule has 12 heavy (non-hydrogen) atoms. The monoisotopic (exact) mass is 194 g/mol. The zero-order valence-corrected chi connectivity index (χ0v) is 9.39. The predicted octanol–water partition coefficient (Wildman–Crippen LogP) is 2.44. The van der Waals surface area contributed by atoms with E-state index >= 15 is 0 Å². The van der Waals surface area contributed by atoms with Crippen LogP contribution in [0.25, 0.3) is 0 Å². The van der Waals surface area contributed by atoms with Crippen LogP contribution in [0, 0.1) is 0 Å². The van der Waals surface area contributed by atoms with E-state index in [-0.39, 0.29) is 11.8 Å². The highest BCUT2D eigenvalue weighted by molar-refractivity contribution is 7.58. The van der Waals surface area contributed by atoms with Crippen LogP contribution in [0.2, 0.25) is 0 Å². The first-order chi connectivity index (χ1) is 5.19. The zero-order chi connectivity index (χ0) is 9.99. The Morgan fingerprint density at radius 3 is 2.17 bits per heavy atom. The minimum atomic E-state index is -3.08. The molecule has 0 aliphatic carbocycles. The average molecular weight is 194 g/mol. The van der Waals surface area contributed by atoms with Crippen molar-refractivity contribution in [1.82, 2.24) is 0 Å². The fraction of sp³-hybridized carbons (Fsp3) is 1.00. The van der Waals surface area contributed by atoms with Crippen LogP contribution in [-0.4, -0.2) is 22.5 Å². The molecule has 3 nitrogen and oxygen atoms in total. The third-order valence-electron chi connectivity index (χ3n) is 1.55. The highest BCUT2D eigenvalue weighted by Gasteiger charge is 2.29. The number of rotatable bonds is 3. The minimum Gasteiger partial charge on any atom is -0.363 e. The van der Waals surface area contributed by atoms with Gasteiger partial charge in [0.2, 0.25) is 7.37 Å². The molecule has 0 saturated carbocycles. The Balaban J connectivity index is 4.23. The third kappa shape index (κ3) is 4.24. The van der Waals surface area contributed by atoms with Gasteiger partial charge < -0.3 is 9.63 Å². The first kappa shape index (κ1) is 12.2. The van der Waals surface area contributed by atoms with Crippen molar-refractivity contribution in [2.24, 2.45) is 0 Å². The Morgan fingerprint density at radius 1 is 1.50 bits per heavy atom. The summed E-state index contributed by atoms with van der Waals surface area (Å²) in [6.45, 7) is 8.97. The van der Waals surface area contributed by atoms with Crippen molar-refractivity contribution in [2.75, 3.05) is 6.16 Å². The van der Waals surface area contributed by atoms with E-state index in [1.807, 2.05) is 20.8 Å². The van der Waals surface area contributed by atoms with Crippen LogP contribution in [-0.2, 0) is 9.30 Å². The highest BCUT2D eigenvalue weighted by Crippen LogP contribution is 2.47. The molecule has 4 heteroatoms. The molecule has 0 radical (unpaired) electrons. The Kier molecular flexibility index (Phi) is 3.95. The standard InChI is InChI=1S/C8H19O3P/c1-6-12(9,10)7(2)11-8(3,4)5/h7H,6H2,1-5H3,(H,9,10). The Bertz CT molecular complexity index is 183. The predicted molar refractivity (Wildman–Crippen MR) is 50.7 cm³/mol. The molecular formula is C8H19O3P. The van der Waals surface area contributed by atoms with E-state index in [1.54, 1.807) is 13.8 Å². The molecule has 0 rings (SSSR count). The molecule has 1 N–H and O–H groups in total. The number of hydrogen-bond donors (Lipinski definition) is 1. The summed E-state index contributed by atoms with van der Waals surface area (Å²) in [5, 5.41) is 0. The van der Waals surface area contributed by atoms with E-state index in [1.165, 1.54) is 0 Å². The first-order valence-corrected chi connectivity index (χ1v) is 6.10. The Labute approximate surface area is 74.6 Å². The molecule has 0 aliphatic heterocycles. The molecule has 0 aromatic carbocycles. The summed E-state index contributed by atoms with van der Waals surface area (Å²) in [6.07, 6.45) is 0.268. The zero-order valence-electron chi connectivity index (χ0n) is 8.50. The van der Waals surface area contributed by atoms with Gasteiger partial charge in [-0.2, -0.15) is 0 Å². The topological polar surface area (TPSA) is 46.5 Å². The van der Waals surface area contributed by atoms with Crippen LogP contribution in [0.4, 0.5) is 0 Å². The quantitative estimate of drug-likeness (QED) is 0.702. The minimum absolute atomic E-state index is 0.268. The van der Waals surface area contributed by atoms with Crippen molar-refractivity contribution in [2.45, 2.75) is 46.1 Å². The third-order valence-corrected chi connectivity index (χ3v) is 3.69. The molecule has 0 heterocycles.